The minimum absolute atomic E-state index is 0.0204. The summed E-state index contributed by atoms with van der Waals surface area (Å²) in [6, 6.07) is 3.59. The van der Waals surface area contributed by atoms with Gasteiger partial charge in [-0.3, -0.25) is 0 Å². The second-order valence-electron chi connectivity index (χ2n) is 2.79. The molecule has 2 N–H and O–H groups in total. The number of benzene rings is 1. The zero-order valence-corrected chi connectivity index (χ0v) is 7.18. The van der Waals surface area contributed by atoms with Crippen LogP contribution in [-0.4, -0.2) is 6.18 Å². The van der Waals surface area contributed by atoms with E-state index in [0.717, 1.165) is 0 Å². The molecule has 0 aliphatic rings. The van der Waals surface area contributed by atoms with Crippen LogP contribution in [0.2, 0.25) is 0 Å². The quantitative estimate of drug-likeness (QED) is 0.689. The Hall–Kier alpha value is -1.47. The molecule has 1 aromatic rings. The molecule has 4 heteroatoms. The molecule has 0 spiro atoms. The van der Waals surface area contributed by atoms with Crippen molar-refractivity contribution >= 4 is 0 Å². The van der Waals surface area contributed by atoms with Crippen LogP contribution in [0.4, 0.5) is 13.2 Å². The molecule has 0 aromatic heterocycles. The first-order chi connectivity index (χ1) is 6.45. The lowest BCUT2D eigenvalue weighted by molar-refractivity contribution is -0.149. The lowest BCUT2D eigenvalue weighted by Crippen LogP contribution is -2.28. The van der Waals surface area contributed by atoms with E-state index in [1.54, 1.807) is 6.07 Å². The fraction of sp³-hybridized carbons (Fsp3) is 0.200. The lowest BCUT2D eigenvalue weighted by atomic mass is 10.0. The minimum atomic E-state index is -4.44. The molecule has 0 radical (unpaired) electrons. The molecule has 14 heavy (non-hydrogen) atoms. The summed E-state index contributed by atoms with van der Waals surface area (Å²) in [5, 5.41) is 0. The third kappa shape index (κ3) is 2.27. The van der Waals surface area contributed by atoms with Crippen molar-refractivity contribution < 1.29 is 13.2 Å². The normalized spacial score (nSPS) is 13.4. The van der Waals surface area contributed by atoms with Gasteiger partial charge in [0.25, 0.3) is 0 Å². The van der Waals surface area contributed by atoms with Crippen LogP contribution >= 0.6 is 0 Å². The van der Waals surface area contributed by atoms with Crippen LogP contribution in [0.1, 0.15) is 17.2 Å². The van der Waals surface area contributed by atoms with Gasteiger partial charge < -0.3 is 5.73 Å². The summed E-state index contributed by atoms with van der Waals surface area (Å²) < 4.78 is 36.6. The van der Waals surface area contributed by atoms with Crippen molar-refractivity contribution in [3.8, 4) is 12.3 Å². The SMILES string of the molecule is C#Cc1cccc([C@H](N)C(F)(F)F)c1. The van der Waals surface area contributed by atoms with Crippen molar-refractivity contribution in [2.45, 2.75) is 12.2 Å². The maximum Gasteiger partial charge on any atom is 0.407 e. The number of nitrogens with two attached hydrogens (primary N) is 1. The van der Waals surface area contributed by atoms with E-state index in [-0.39, 0.29) is 5.56 Å². The molecule has 0 saturated carbocycles. The highest BCUT2D eigenvalue weighted by Crippen LogP contribution is 2.30. The van der Waals surface area contributed by atoms with E-state index in [1.165, 1.54) is 18.2 Å². The summed E-state index contributed by atoms with van der Waals surface area (Å²) in [5.41, 5.74) is 5.37. The maximum atomic E-state index is 12.2. The third-order valence-electron chi connectivity index (χ3n) is 1.77. The van der Waals surface area contributed by atoms with E-state index in [1.807, 2.05) is 0 Å². The molecule has 0 fully saturated rings. The molecule has 0 aliphatic heterocycles. The number of rotatable bonds is 1. The van der Waals surface area contributed by atoms with E-state index in [0.29, 0.717) is 5.56 Å². The Morgan fingerprint density at radius 1 is 1.36 bits per heavy atom. The number of terminal acetylenes is 1. The van der Waals surface area contributed by atoms with Gasteiger partial charge in [-0.25, -0.2) is 0 Å². The summed E-state index contributed by atoms with van der Waals surface area (Å²) in [4.78, 5) is 0. The topological polar surface area (TPSA) is 26.0 Å². The number of halogens is 3. The molecule has 1 rings (SSSR count). The fourth-order valence-corrected chi connectivity index (χ4v) is 1.01. The van der Waals surface area contributed by atoms with Crippen LogP contribution in [-0.2, 0) is 0 Å². The van der Waals surface area contributed by atoms with Crippen LogP contribution in [0.5, 0.6) is 0 Å². The van der Waals surface area contributed by atoms with Crippen molar-refractivity contribution in [2.75, 3.05) is 0 Å². The van der Waals surface area contributed by atoms with Gasteiger partial charge in [0, 0.05) is 5.56 Å². The number of hydrogen-bond donors (Lipinski definition) is 1. The smallest absolute Gasteiger partial charge is 0.316 e. The van der Waals surface area contributed by atoms with Crippen LogP contribution in [0.25, 0.3) is 0 Å². The van der Waals surface area contributed by atoms with Gasteiger partial charge >= 0.3 is 6.18 Å². The van der Waals surface area contributed by atoms with Gasteiger partial charge in [-0.15, -0.1) is 6.42 Å². The lowest BCUT2D eigenvalue weighted by Gasteiger charge is -2.15. The molecule has 1 atom stereocenters. The van der Waals surface area contributed by atoms with Crippen LogP contribution in [0.3, 0.4) is 0 Å². The van der Waals surface area contributed by atoms with Crippen molar-refractivity contribution in [1.82, 2.24) is 0 Å². The van der Waals surface area contributed by atoms with Crippen LogP contribution in [0.15, 0.2) is 24.3 Å². The van der Waals surface area contributed by atoms with Crippen molar-refractivity contribution in [2.24, 2.45) is 5.73 Å². The first-order valence-corrected chi connectivity index (χ1v) is 3.84. The van der Waals surface area contributed by atoms with Crippen LogP contribution in [0, 0.1) is 12.3 Å². The summed E-state index contributed by atoms with van der Waals surface area (Å²) in [6.07, 6.45) is 0.619. The molecule has 1 aromatic carbocycles. The van der Waals surface area contributed by atoms with E-state index >= 15 is 0 Å². The Morgan fingerprint density at radius 3 is 2.50 bits per heavy atom. The van der Waals surface area contributed by atoms with E-state index < -0.39 is 12.2 Å². The molecular weight excluding hydrogens is 191 g/mol. The highest BCUT2D eigenvalue weighted by molar-refractivity contribution is 5.36. The molecule has 0 saturated heterocycles. The average molecular weight is 199 g/mol. The number of alkyl halides is 3. The zero-order chi connectivity index (χ0) is 10.8. The molecule has 0 amide bonds. The van der Waals surface area contributed by atoms with Gasteiger partial charge in [-0.1, -0.05) is 18.1 Å². The van der Waals surface area contributed by atoms with Crippen LogP contribution < -0.4 is 5.73 Å². The largest absolute Gasteiger partial charge is 0.407 e. The minimum Gasteiger partial charge on any atom is -0.316 e. The van der Waals surface area contributed by atoms with Gasteiger partial charge in [0.05, 0.1) is 0 Å². The Bertz CT molecular complexity index is 362. The Morgan fingerprint density at radius 2 is 2.00 bits per heavy atom. The maximum absolute atomic E-state index is 12.2. The van der Waals surface area contributed by atoms with Gasteiger partial charge in [0.2, 0.25) is 0 Å². The summed E-state index contributed by atoms with van der Waals surface area (Å²) in [7, 11) is 0. The van der Waals surface area contributed by atoms with Gasteiger partial charge in [0.15, 0.2) is 0 Å². The molecule has 0 bridgehead atoms. The molecule has 0 unspecified atom stereocenters. The summed E-state index contributed by atoms with van der Waals surface area (Å²) >= 11 is 0. The van der Waals surface area contributed by atoms with E-state index in [4.69, 9.17) is 12.2 Å². The molecule has 0 heterocycles. The standard InChI is InChI=1S/C10H8F3N/c1-2-7-4-3-5-8(6-7)9(14)10(11,12)13/h1,3-6,9H,14H2/t9-/m0/s1. The Labute approximate surface area is 79.7 Å². The highest BCUT2D eigenvalue weighted by Gasteiger charge is 2.37. The van der Waals surface area contributed by atoms with E-state index in [9.17, 15) is 13.2 Å². The fourth-order valence-electron chi connectivity index (χ4n) is 1.01. The predicted molar refractivity (Wildman–Crippen MR) is 47.4 cm³/mol. The third-order valence-corrected chi connectivity index (χ3v) is 1.77. The molecular formula is C10H8F3N. The second-order valence-corrected chi connectivity index (χ2v) is 2.79. The Kier molecular flexibility index (Phi) is 2.82. The first kappa shape index (κ1) is 10.6. The van der Waals surface area contributed by atoms with Gasteiger partial charge in [0.1, 0.15) is 6.04 Å². The molecule has 74 valence electrons. The van der Waals surface area contributed by atoms with Crippen molar-refractivity contribution in [3.05, 3.63) is 35.4 Å². The average Bonchev–Trinajstić information content (AvgIpc) is 2.15. The van der Waals surface area contributed by atoms with E-state index in [2.05, 4.69) is 5.92 Å². The predicted octanol–water partition coefficient (Wildman–Crippen LogP) is 2.23. The van der Waals surface area contributed by atoms with Crippen molar-refractivity contribution in [1.29, 1.82) is 0 Å². The first-order valence-electron chi connectivity index (χ1n) is 3.84. The monoisotopic (exact) mass is 199 g/mol. The van der Waals surface area contributed by atoms with Crippen molar-refractivity contribution in [3.63, 3.8) is 0 Å². The highest BCUT2D eigenvalue weighted by atomic mass is 19.4. The molecule has 1 nitrogen and oxygen atoms in total. The van der Waals surface area contributed by atoms with Gasteiger partial charge in [-0.2, -0.15) is 13.2 Å². The number of hydrogen-bond acceptors (Lipinski definition) is 1. The second kappa shape index (κ2) is 3.72. The van der Waals surface area contributed by atoms with Gasteiger partial charge in [-0.05, 0) is 17.7 Å². The zero-order valence-electron chi connectivity index (χ0n) is 7.18. The molecule has 0 aliphatic carbocycles. The summed E-state index contributed by atoms with van der Waals surface area (Å²) in [5.74, 6) is 2.25. The Balaban J connectivity index is 3.03. The summed E-state index contributed by atoms with van der Waals surface area (Å²) in [6.45, 7) is 0.